The first kappa shape index (κ1) is 19.1. The highest BCUT2D eigenvalue weighted by atomic mass is 79.9. The Labute approximate surface area is 192 Å². The van der Waals surface area contributed by atoms with Crippen molar-refractivity contribution in [2.24, 2.45) is 0 Å². The van der Waals surface area contributed by atoms with Gasteiger partial charge < -0.3 is 14.0 Å². The molecule has 0 atom stereocenters. The molecule has 2 aromatic heterocycles. The third-order valence-electron chi connectivity index (χ3n) is 5.44. The van der Waals surface area contributed by atoms with Gasteiger partial charge in [-0.15, -0.1) is 5.10 Å². The minimum atomic E-state index is 0.313. The van der Waals surface area contributed by atoms with Crippen LogP contribution in [0.25, 0.3) is 28.1 Å². The van der Waals surface area contributed by atoms with Crippen molar-refractivity contribution in [1.82, 2.24) is 24.5 Å². The summed E-state index contributed by atoms with van der Waals surface area (Å²) < 4.78 is 17.0. The van der Waals surface area contributed by atoms with Gasteiger partial charge in [0.2, 0.25) is 0 Å². The predicted molar refractivity (Wildman–Crippen MR) is 124 cm³/mol. The zero-order valence-corrected chi connectivity index (χ0v) is 18.6. The summed E-state index contributed by atoms with van der Waals surface area (Å²) in [5.74, 6) is 2.41. The molecular weight excluding hydrogens is 470 g/mol. The number of hydrogen-bond acceptors (Lipinski definition) is 5. The first-order chi connectivity index (χ1) is 15.7. The molecule has 0 N–H and O–H groups in total. The van der Waals surface area contributed by atoms with Gasteiger partial charge in [0.25, 0.3) is 0 Å². The summed E-state index contributed by atoms with van der Waals surface area (Å²) in [5.41, 5.74) is 4.75. The number of ether oxygens (including phenoxy) is 2. The normalized spacial score (nSPS) is 12.7. The predicted octanol–water partition coefficient (Wildman–Crippen LogP) is 5.02. The standard InChI is InChI=1S/C24H18BrN5O2/c25-16-5-7-18(8-6-16)30-14-17(27-28-30)15-32-19-9-10-20-23(13-19)31-12-11-29-22-4-2-1-3-21(22)26-24(20)29/h1-10,13-14H,11-12,15H2. The molecule has 0 unspecified atom stereocenters. The third-order valence-corrected chi connectivity index (χ3v) is 5.97. The monoisotopic (exact) mass is 487 g/mol. The van der Waals surface area contributed by atoms with Crippen molar-refractivity contribution in [3.8, 4) is 28.6 Å². The van der Waals surface area contributed by atoms with Crippen molar-refractivity contribution in [1.29, 1.82) is 0 Å². The maximum atomic E-state index is 6.03. The van der Waals surface area contributed by atoms with E-state index in [0.717, 1.165) is 50.6 Å². The average Bonchev–Trinajstić information content (AvgIpc) is 3.39. The molecule has 1 aliphatic heterocycles. The van der Waals surface area contributed by atoms with Crippen LogP contribution in [-0.4, -0.2) is 31.2 Å². The Bertz CT molecular complexity index is 1420. The Morgan fingerprint density at radius 1 is 1.03 bits per heavy atom. The second kappa shape index (κ2) is 7.80. The van der Waals surface area contributed by atoms with E-state index >= 15 is 0 Å². The summed E-state index contributed by atoms with van der Waals surface area (Å²) in [6.07, 6.45) is 1.87. The molecule has 0 saturated carbocycles. The third kappa shape index (κ3) is 3.42. The van der Waals surface area contributed by atoms with E-state index in [1.54, 1.807) is 4.68 Å². The van der Waals surface area contributed by atoms with Crippen LogP contribution in [0.4, 0.5) is 0 Å². The van der Waals surface area contributed by atoms with E-state index in [-0.39, 0.29) is 0 Å². The van der Waals surface area contributed by atoms with Crippen molar-refractivity contribution in [2.75, 3.05) is 6.61 Å². The van der Waals surface area contributed by atoms with Crippen LogP contribution in [0.3, 0.4) is 0 Å². The van der Waals surface area contributed by atoms with Gasteiger partial charge in [0.1, 0.15) is 36.2 Å². The van der Waals surface area contributed by atoms with Gasteiger partial charge in [-0.2, -0.15) is 0 Å². The molecule has 0 aliphatic carbocycles. The smallest absolute Gasteiger partial charge is 0.145 e. The molecule has 32 heavy (non-hydrogen) atoms. The zero-order valence-electron chi connectivity index (χ0n) is 17.0. The number of halogens is 1. The first-order valence-electron chi connectivity index (χ1n) is 10.3. The van der Waals surface area contributed by atoms with Crippen molar-refractivity contribution in [3.05, 3.63) is 83.1 Å². The Hall–Kier alpha value is -3.65. The molecule has 0 bridgehead atoms. The summed E-state index contributed by atoms with van der Waals surface area (Å²) in [4.78, 5) is 4.83. The zero-order chi connectivity index (χ0) is 21.5. The van der Waals surface area contributed by atoms with E-state index in [2.05, 4.69) is 36.9 Å². The fourth-order valence-electron chi connectivity index (χ4n) is 3.89. The second-order valence-corrected chi connectivity index (χ2v) is 8.42. The second-order valence-electron chi connectivity index (χ2n) is 7.50. The molecule has 3 aromatic carbocycles. The van der Waals surface area contributed by atoms with E-state index < -0.39 is 0 Å². The molecular formula is C24H18BrN5O2. The Kier molecular flexibility index (Phi) is 4.65. The van der Waals surface area contributed by atoms with E-state index in [1.165, 1.54) is 0 Å². The van der Waals surface area contributed by atoms with Crippen molar-refractivity contribution >= 4 is 27.0 Å². The minimum Gasteiger partial charge on any atom is -0.491 e. The minimum absolute atomic E-state index is 0.313. The highest BCUT2D eigenvalue weighted by molar-refractivity contribution is 9.10. The summed E-state index contributed by atoms with van der Waals surface area (Å²) in [6, 6.07) is 21.9. The molecule has 0 amide bonds. The molecule has 3 heterocycles. The van der Waals surface area contributed by atoms with Gasteiger partial charge in [0, 0.05) is 10.5 Å². The number of aromatic nitrogens is 5. The van der Waals surface area contributed by atoms with Crippen LogP contribution in [0.5, 0.6) is 11.5 Å². The van der Waals surface area contributed by atoms with Crippen LogP contribution in [0.1, 0.15) is 5.69 Å². The fraction of sp³-hybridized carbons (Fsp3) is 0.125. The lowest BCUT2D eigenvalue weighted by atomic mass is 10.2. The maximum Gasteiger partial charge on any atom is 0.145 e. The molecule has 0 saturated heterocycles. The number of benzene rings is 3. The van der Waals surface area contributed by atoms with E-state index in [4.69, 9.17) is 14.5 Å². The molecule has 0 fully saturated rings. The van der Waals surface area contributed by atoms with Gasteiger partial charge in [0.15, 0.2) is 0 Å². The van der Waals surface area contributed by atoms with Crippen LogP contribution < -0.4 is 9.47 Å². The number of imidazole rings is 1. The highest BCUT2D eigenvalue weighted by Gasteiger charge is 2.20. The van der Waals surface area contributed by atoms with Gasteiger partial charge in [-0.1, -0.05) is 33.3 Å². The van der Waals surface area contributed by atoms with Crippen LogP contribution in [0.15, 0.2) is 77.4 Å². The molecule has 0 radical (unpaired) electrons. The molecule has 0 spiro atoms. The SMILES string of the molecule is Brc1ccc(-n2cc(COc3ccc4c(c3)OCCn3c-4nc4ccccc43)nn2)cc1. The Morgan fingerprint density at radius 3 is 2.81 bits per heavy atom. The molecule has 158 valence electrons. The highest BCUT2D eigenvalue weighted by Crippen LogP contribution is 2.36. The molecule has 7 nitrogen and oxygen atoms in total. The quantitative estimate of drug-likeness (QED) is 0.356. The Morgan fingerprint density at radius 2 is 1.91 bits per heavy atom. The van der Waals surface area contributed by atoms with Gasteiger partial charge in [-0.3, -0.25) is 0 Å². The lowest BCUT2D eigenvalue weighted by molar-refractivity contribution is 0.289. The number of rotatable bonds is 4. The molecule has 1 aliphatic rings. The van der Waals surface area contributed by atoms with Crippen molar-refractivity contribution in [2.45, 2.75) is 13.2 Å². The fourth-order valence-corrected chi connectivity index (χ4v) is 4.16. The first-order valence-corrected chi connectivity index (χ1v) is 11.1. The van der Waals surface area contributed by atoms with Crippen LogP contribution >= 0.6 is 15.9 Å². The lowest BCUT2D eigenvalue weighted by Gasteiger charge is -2.09. The van der Waals surface area contributed by atoms with Gasteiger partial charge in [0.05, 0.1) is 35.0 Å². The molecule has 8 heteroatoms. The summed E-state index contributed by atoms with van der Waals surface area (Å²) in [7, 11) is 0. The van der Waals surface area contributed by atoms with Crippen molar-refractivity contribution in [3.63, 3.8) is 0 Å². The van der Waals surface area contributed by atoms with Crippen LogP contribution in [-0.2, 0) is 13.2 Å². The van der Waals surface area contributed by atoms with E-state index in [9.17, 15) is 0 Å². The summed E-state index contributed by atoms with van der Waals surface area (Å²) in [5, 5.41) is 8.41. The topological polar surface area (TPSA) is 67.0 Å². The van der Waals surface area contributed by atoms with Gasteiger partial charge >= 0.3 is 0 Å². The van der Waals surface area contributed by atoms with Crippen LogP contribution in [0, 0.1) is 0 Å². The van der Waals surface area contributed by atoms with Crippen molar-refractivity contribution < 1.29 is 9.47 Å². The Balaban J connectivity index is 1.23. The van der Waals surface area contributed by atoms with E-state index in [0.29, 0.717) is 19.0 Å². The number of para-hydroxylation sites is 2. The van der Waals surface area contributed by atoms with Crippen LogP contribution in [0.2, 0.25) is 0 Å². The largest absolute Gasteiger partial charge is 0.491 e. The molecule has 5 aromatic rings. The maximum absolute atomic E-state index is 6.03. The van der Waals surface area contributed by atoms with Gasteiger partial charge in [-0.05, 0) is 48.5 Å². The number of hydrogen-bond donors (Lipinski definition) is 0. The number of nitrogens with zero attached hydrogens (tertiary/aromatic N) is 5. The molecule has 6 rings (SSSR count). The van der Waals surface area contributed by atoms with Gasteiger partial charge in [-0.25, -0.2) is 9.67 Å². The van der Waals surface area contributed by atoms with E-state index in [1.807, 2.05) is 66.9 Å². The summed E-state index contributed by atoms with van der Waals surface area (Å²) >= 11 is 3.44. The summed E-state index contributed by atoms with van der Waals surface area (Å²) in [6.45, 7) is 1.64. The lowest BCUT2D eigenvalue weighted by Crippen LogP contribution is -2.05. The average molecular weight is 488 g/mol. The number of fused-ring (bicyclic) bond motifs is 5.